The summed E-state index contributed by atoms with van der Waals surface area (Å²) in [6.45, 7) is 2.21. The first-order chi connectivity index (χ1) is 9.99. The van der Waals surface area contributed by atoms with Crippen molar-refractivity contribution in [3.05, 3.63) is 59.7 Å². The summed E-state index contributed by atoms with van der Waals surface area (Å²) in [6, 6.07) is 13.4. The molecule has 21 heavy (non-hydrogen) atoms. The smallest absolute Gasteiger partial charge is 0.485 e. The SMILES string of the molecule is CCc1ccccc1COc1ccccc1OC(F)(F)F. The third kappa shape index (κ3) is 4.41. The van der Waals surface area contributed by atoms with Crippen LogP contribution in [-0.2, 0) is 13.0 Å². The fourth-order valence-corrected chi connectivity index (χ4v) is 1.98. The van der Waals surface area contributed by atoms with Crippen LogP contribution in [0, 0.1) is 0 Å². The van der Waals surface area contributed by atoms with Crippen molar-refractivity contribution in [2.45, 2.75) is 26.3 Å². The van der Waals surface area contributed by atoms with E-state index in [-0.39, 0.29) is 18.1 Å². The molecule has 0 N–H and O–H groups in total. The van der Waals surface area contributed by atoms with E-state index in [1.165, 1.54) is 18.2 Å². The number of hydrogen-bond acceptors (Lipinski definition) is 2. The second-order valence-electron chi connectivity index (χ2n) is 4.41. The van der Waals surface area contributed by atoms with E-state index in [0.29, 0.717) is 0 Å². The summed E-state index contributed by atoms with van der Waals surface area (Å²) in [5.74, 6) is -0.264. The molecule has 0 fully saturated rings. The lowest BCUT2D eigenvalue weighted by molar-refractivity contribution is -0.275. The van der Waals surface area contributed by atoms with Crippen molar-refractivity contribution in [3.8, 4) is 11.5 Å². The Labute approximate surface area is 121 Å². The predicted molar refractivity (Wildman–Crippen MR) is 73.3 cm³/mol. The highest BCUT2D eigenvalue weighted by molar-refractivity contribution is 5.40. The van der Waals surface area contributed by atoms with Crippen molar-refractivity contribution in [1.82, 2.24) is 0 Å². The van der Waals surface area contributed by atoms with Crippen molar-refractivity contribution < 1.29 is 22.6 Å². The number of halogens is 3. The van der Waals surface area contributed by atoms with Gasteiger partial charge in [-0.3, -0.25) is 0 Å². The van der Waals surface area contributed by atoms with Crippen molar-refractivity contribution in [2.75, 3.05) is 0 Å². The molecule has 0 aromatic heterocycles. The molecule has 2 nitrogen and oxygen atoms in total. The van der Waals surface area contributed by atoms with Gasteiger partial charge in [-0.1, -0.05) is 43.3 Å². The van der Waals surface area contributed by atoms with Crippen LogP contribution in [0.15, 0.2) is 48.5 Å². The lowest BCUT2D eigenvalue weighted by atomic mass is 10.1. The third-order valence-electron chi connectivity index (χ3n) is 2.96. The molecular weight excluding hydrogens is 281 g/mol. The van der Waals surface area contributed by atoms with E-state index in [1.54, 1.807) is 6.07 Å². The van der Waals surface area contributed by atoms with E-state index in [1.807, 2.05) is 31.2 Å². The topological polar surface area (TPSA) is 18.5 Å². The molecule has 2 aromatic carbocycles. The Kier molecular flexibility index (Phi) is 4.73. The molecule has 0 unspecified atom stereocenters. The Hall–Kier alpha value is -2.17. The minimum Gasteiger partial charge on any atom is -0.485 e. The zero-order valence-electron chi connectivity index (χ0n) is 11.5. The van der Waals surface area contributed by atoms with Crippen molar-refractivity contribution in [3.63, 3.8) is 0 Å². The van der Waals surface area contributed by atoms with Crippen LogP contribution in [0.25, 0.3) is 0 Å². The minimum atomic E-state index is -4.74. The van der Waals surface area contributed by atoms with E-state index in [4.69, 9.17) is 4.74 Å². The van der Waals surface area contributed by atoms with E-state index in [0.717, 1.165) is 17.5 Å². The monoisotopic (exact) mass is 296 g/mol. The van der Waals surface area contributed by atoms with Crippen LogP contribution in [0.4, 0.5) is 13.2 Å². The number of benzene rings is 2. The van der Waals surface area contributed by atoms with Crippen molar-refractivity contribution in [2.24, 2.45) is 0 Å². The first-order valence-corrected chi connectivity index (χ1v) is 6.54. The molecule has 0 saturated heterocycles. The van der Waals surface area contributed by atoms with E-state index < -0.39 is 6.36 Å². The highest BCUT2D eigenvalue weighted by atomic mass is 19.4. The highest BCUT2D eigenvalue weighted by Crippen LogP contribution is 2.32. The summed E-state index contributed by atoms with van der Waals surface area (Å²) in [4.78, 5) is 0. The molecule has 0 atom stereocenters. The highest BCUT2D eigenvalue weighted by Gasteiger charge is 2.32. The molecule has 0 saturated carbocycles. The first-order valence-electron chi connectivity index (χ1n) is 6.54. The van der Waals surface area contributed by atoms with Gasteiger partial charge in [0, 0.05) is 0 Å². The van der Waals surface area contributed by atoms with Crippen molar-refractivity contribution >= 4 is 0 Å². The van der Waals surface area contributed by atoms with E-state index in [9.17, 15) is 13.2 Å². The van der Waals surface area contributed by atoms with Gasteiger partial charge in [0.15, 0.2) is 11.5 Å². The maximum absolute atomic E-state index is 12.3. The molecule has 2 aromatic rings. The number of rotatable bonds is 5. The average molecular weight is 296 g/mol. The summed E-state index contributed by atoms with van der Waals surface area (Å²) in [5, 5.41) is 0. The van der Waals surface area contributed by atoms with Crippen LogP contribution in [0.5, 0.6) is 11.5 Å². The minimum absolute atomic E-state index is 0.0701. The fourth-order valence-electron chi connectivity index (χ4n) is 1.98. The van der Waals surface area contributed by atoms with Gasteiger partial charge in [0.2, 0.25) is 0 Å². The standard InChI is InChI=1S/C16H15F3O2/c1-2-12-7-3-4-8-13(12)11-20-14-9-5-6-10-15(14)21-16(17,18)19/h3-10H,2,11H2,1H3. The van der Waals surface area contributed by atoms with Gasteiger partial charge in [0.05, 0.1) is 0 Å². The van der Waals surface area contributed by atoms with Crippen LogP contribution >= 0.6 is 0 Å². The molecule has 0 amide bonds. The van der Waals surface area contributed by atoms with Crippen LogP contribution in [0.2, 0.25) is 0 Å². The average Bonchev–Trinajstić information content (AvgIpc) is 2.45. The summed E-state index contributed by atoms with van der Waals surface area (Å²) in [7, 11) is 0. The molecule has 0 bridgehead atoms. The molecule has 5 heteroatoms. The summed E-state index contributed by atoms with van der Waals surface area (Å²) in [6.07, 6.45) is -3.90. The van der Waals surface area contributed by atoms with Gasteiger partial charge in [-0.2, -0.15) is 0 Å². The number of alkyl halides is 3. The summed E-state index contributed by atoms with van der Waals surface area (Å²) < 4.78 is 46.4. The number of aryl methyl sites for hydroxylation is 1. The quantitative estimate of drug-likeness (QED) is 0.794. The van der Waals surface area contributed by atoms with E-state index in [2.05, 4.69) is 4.74 Å². The van der Waals surface area contributed by atoms with Gasteiger partial charge >= 0.3 is 6.36 Å². The van der Waals surface area contributed by atoms with Gasteiger partial charge in [0.1, 0.15) is 6.61 Å². The Morgan fingerprint density at radius 3 is 2.05 bits per heavy atom. The third-order valence-corrected chi connectivity index (χ3v) is 2.96. The Balaban J connectivity index is 2.13. The van der Waals surface area contributed by atoms with Crippen LogP contribution in [0.3, 0.4) is 0 Å². The number of hydrogen-bond donors (Lipinski definition) is 0. The lowest BCUT2D eigenvalue weighted by Gasteiger charge is -2.15. The lowest BCUT2D eigenvalue weighted by Crippen LogP contribution is -2.17. The Morgan fingerprint density at radius 2 is 1.43 bits per heavy atom. The van der Waals surface area contributed by atoms with Gasteiger partial charge < -0.3 is 9.47 Å². The van der Waals surface area contributed by atoms with Gasteiger partial charge in [-0.25, -0.2) is 0 Å². The summed E-state index contributed by atoms with van der Waals surface area (Å²) >= 11 is 0. The molecule has 0 aliphatic rings. The molecule has 0 aliphatic heterocycles. The second kappa shape index (κ2) is 6.52. The molecule has 2 rings (SSSR count). The second-order valence-corrected chi connectivity index (χ2v) is 4.41. The van der Waals surface area contributed by atoms with E-state index >= 15 is 0 Å². The predicted octanol–water partition coefficient (Wildman–Crippen LogP) is 4.73. The molecule has 0 radical (unpaired) electrons. The number of para-hydroxylation sites is 2. The zero-order chi connectivity index (χ0) is 15.3. The zero-order valence-corrected chi connectivity index (χ0v) is 11.5. The molecular formula is C16H15F3O2. The molecule has 0 spiro atoms. The number of ether oxygens (including phenoxy) is 2. The van der Waals surface area contributed by atoms with Crippen molar-refractivity contribution in [1.29, 1.82) is 0 Å². The maximum atomic E-state index is 12.3. The fraction of sp³-hybridized carbons (Fsp3) is 0.250. The van der Waals surface area contributed by atoms with Gasteiger partial charge in [-0.15, -0.1) is 13.2 Å². The van der Waals surface area contributed by atoms with Gasteiger partial charge in [0.25, 0.3) is 0 Å². The summed E-state index contributed by atoms with van der Waals surface area (Å²) in [5.41, 5.74) is 2.05. The van der Waals surface area contributed by atoms with Crippen LogP contribution in [-0.4, -0.2) is 6.36 Å². The largest absolute Gasteiger partial charge is 0.573 e. The van der Waals surface area contributed by atoms with Gasteiger partial charge in [-0.05, 0) is 29.7 Å². The Morgan fingerprint density at radius 1 is 0.857 bits per heavy atom. The molecule has 112 valence electrons. The normalized spacial score (nSPS) is 11.2. The first kappa shape index (κ1) is 15.2. The molecule has 0 heterocycles. The Bertz CT molecular complexity index is 594. The van der Waals surface area contributed by atoms with Crippen LogP contribution < -0.4 is 9.47 Å². The maximum Gasteiger partial charge on any atom is 0.573 e. The molecule has 0 aliphatic carbocycles. The van der Waals surface area contributed by atoms with Crippen LogP contribution in [0.1, 0.15) is 18.1 Å².